The Morgan fingerprint density at radius 1 is 1.14 bits per heavy atom. The van der Waals surface area contributed by atoms with E-state index in [2.05, 4.69) is 4.90 Å². The minimum atomic E-state index is -0.409. The van der Waals surface area contributed by atoms with Gasteiger partial charge in [-0.05, 0) is 43.6 Å². The van der Waals surface area contributed by atoms with Crippen molar-refractivity contribution in [2.45, 2.75) is 18.9 Å². The zero-order chi connectivity index (χ0) is 14.5. The lowest BCUT2D eigenvalue weighted by atomic mass is 10.1. The summed E-state index contributed by atoms with van der Waals surface area (Å²) >= 11 is 0. The van der Waals surface area contributed by atoms with E-state index in [1.165, 1.54) is 19.1 Å². The Morgan fingerprint density at radius 3 is 2.50 bits per heavy atom. The molecule has 22 heavy (non-hydrogen) atoms. The van der Waals surface area contributed by atoms with Gasteiger partial charge in [-0.2, -0.15) is 0 Å². The molecule has 0 spiro atoms. The Morgan fingerprint density at radius 2 is 1.86 bits per heavy atom. The van der Waals surface area contributed by atoms with Crippen molar-refractivity contribution in [2.75, 3.05) is 19.6 Å². The molecule has 1 aliphatic heterocycles. The molecule has 0 saturated carbocycles. The molecule has 1 saturated heterocycles. The molecule has 2 aromatic rings. The maximum absolute atomic E-state index is 12.1. The largest absolute Gasteiger partial charge is 0.457 e. The van der Waals surface area contributed by atoms with Crippen molar-refractivity contribution in [3.63, 3.8) is 0 Å². The molecule has 2 heterocycles. The smallest absolute Gasteiger partial charge is 0.374 e. The summed E-state index contributed by atoms with van der Waals surface area (Å²) in [6.45, 7) is 2.87. The van der Waals surface area contributed by atoms with Crippen LogP contribution in [-0.2, 0) is 4.74 Å². The molecule has 118 valence electrons. The number of carbonyl (C=O) groups excluding carboxylic acids is 1. The zero-order valence-corrected chi connectivity index (χ0v) is 13.1. The molecular formula is C17H20ClNO3. The monoisotopic (exact) mass is 321 g/mol. The van der Waals surface area contributed by atoms with E-state index in [0.29, 0.717) is 0 Å². The standard InChI is InChI=1S/C17H19NO3.ClH/c19-17(15-9-6-12-20-15)21-16(13-18-10-4-5-11-18)14-7-2-1-3-8-14;/h1-3,6-9,12,16H,4-5,10-11,13H2;1H. The van der Waals surface area contributed by atoms with Crippen molar-refractivity contribution in [1.29, 1.82) is 0 Å². The molecule has 3 rings (SSSR count). The third kappa shape index (κ3) is 4.12. The van der Waals surface area contributed by atoms with E-state index in [-0.39, 0.29) is 24.3 Å². The van der Waals surface area contributed by atoms with Gasteiger partial charge in [-0.1, -0.05) is 30.3 Å². The normalized spacial score (nSPS) is 16.0. The topological polar surface area (TPSA) is 42.7 Å². The highest BCUT2D eigenvalue weighted by Gasteiger charge is 2.23. The number of rotatable bonds is 5. The van der Waals surface area contributed by atoms with Gasteiger partial charge in [-0.15, -0.1) is 12.4 Å². The molecule has 1 aromatic carbocycles. The minimum absolute atomic E-state index is 0. The lowest BCUT2D eigenvalue weighted by molar-refractivity contribution is 0.0182. The summed E-state index contributed by atoms with van der Waals surface area (Å²) in [6, 6.07) is 13.2. The average Bonchev–Trinajstić information content (AvgIpc) is 3.21. The van der Waals surface area contributed by atoms with Crippen LogP contribution in [0.15, 0.2) is 53.1 Å². The summed E-state index contributed by atoms with van der Waals surface area (Å²) in [7, 11) is 0. The summed E-state index contributed by atoms with van der Waals surface area (Å²) in [4.78, 5) is 14.5. The van der Waals surface area contributed by atoms with Gasteiger partial charge in [0.15, 0.2) is 0 Å². The number of furan rings is 1. The van der Waals surface area contributed by atoms with Crippen molar-refractivity contribution in [3.8, 4) is 0 Å². The summed E-state index contributed by atoms with van der Waals surface area (Å²) in [5, 5.41) is 0. The number of hydrogen-bond donors (Lipinski definition) is 0. The second kappa shape index (κ2) is 8.01. The van der Waals surface area contributed by atoms with Crippen LogP contribution in [0.25, 0.3) is 0 Å². The molecule has 4 nitrogen and oxygen atoms in total. The molecule has 0 amide bonds. The first-order chi connectivity index (χ1) is 10.3. The first-order valence-electron chi connectivity index (χ1n) is 7.35. The van der Waals surface area contributed by atoms with Crippen LogP contribution in [0.1, 0.15) is 35.1 Å². The minimum Gasteiger partial charge on any atom is -0.457 e. The number of halogens is 1. The second-order valence-electron chi connectivity index (χ2n) is 5.29. The lowest BCUT2D eigenvalue weighted by Crippen LogP contribution is -2.28. The van der Waals surface area contributed by atoms with Crippen molar-refractivity contribution in [2.24, 2.45) is 0 Å². The molecule has 1 atom stereocenters. The number of carbonyl (C=O) groups is 1. The predicted molar refractivity (Wildman–Crippen MR) is 86.2 cm³/mol. The fraction of sp³-hybridized carbons (Fsp3) is 0.353. The van der Waals surface area contributed by atoms with E-state index >= 15 is 0 Å². The molecule has 0 N–H and O–H groups in total. The quantitative estimate of drug-likeness (QED) is 0.788. The van der Waals surface area contributed by atoms with Crippen molar-refractivity contribution in [1.82, 2.24) is 4.90 Å². The van der Waals surface area contributed by atoms with E-state index in [0.717, 1.165) is 25.2 Å². The maximum Gasteiger partial charge on any atom is 0.374 e. The van der Waals surface area contributed by atoms with Crippen LogP contribution in [-0.4, -0.2) is 30.5 Å². The number of esters is 1. The van der Waals surface area contributed by atoms with Gasteiger partial charge >= 0.3 is 5.97 Å². The average molecular weight is 322 g/mol. The van der Waals surface area contributed by atoms with Crippen LogP contribution in [0, 0.1) is 0 Å². The molecule has 0 aliphatic carbocycles. The Labute approximate surface area is 136 Å². The highest BCUT2D eigenvalue weighted by atomic mass is 35.5. The molecule has 0 bridgehead atoms. The van der Waals surface area contributed by atoms with Gasteiger partial charge in [0, 0.05) is 6.54 Å². The van der Waals surface area contributed by atoms with Crippen molar-refractivity contribution in [3.05, 3.63) is 60.1 Å². The van der Waals surface area contributed by atoms with Crippen molar-refractivity contribution >= 4 is 18.4 Å². The summed E-state index contributed by atoms with van der Waals surface area (Å²) in [5.41, 5.74) is 1.02. The molecule has 1 aliphatic rings. The molecular weight excluding hydrogens is 302 g/mol. The van der Waals surface area contributed by atoms with Crippen LogP contribution >= 0.6 is 12.4 Å². The Balaban J connectivity index is 0.00000176. The predicted octanol–water partition coefficient (Wildman–Crippen LogP) is 3.70. The van der Waals surface area contributed by atoms with E-state index in [9.17, 15) is 4.79 Å². The molecule has 1 fully saturated rings. The van der Waals surface area contributed by atoms with Crippen molar-refractivity contribution < 1.29 is 13.9 Å². The maximum atomic E-state index is 12.1. The molecule has 1 unspecified atom stereocenters. The van der Waals surface area contributed by atoms with Crippen LogP contribution in [0.2, 0.25) is 0 Å². The zero-order valence-electron chi connectivity index (χ0n) is 12.3. The van der Waals surface area contributed by atoms with Crippen LogP contribution < -0.4 is 0 Å². The van der Waals surface area contributed by atoms with E-state index in [1.807, 2.05) is 30.3 Å². The highest BCUT2D eigenvalue weighted by molar-refractivity contribution is 5.86. The molecule has 0 radical (unpaired) electrons. The van der Waals surface area contributed by atoms with Gasteiger partial charge in [0.25, 0.3) is 0 Å². The second-order valence-corrected chi connectivity index (χ2v) is 5.29. The number of ether oxygens (including phenoxy) is 1. The summed E-state index contributed by atoms with van der Waals surface area (Å²) < 4.78 is 10.8. The number of benzene rings is 1. The van der Waals surface area contributed by atoms with Gasteiger partial charge in [0.2, 0.25) is 5.76 Å². The van der Waals surface area contributed by atoms with Gasteiger partial charge in [-0.25, -0.2) is 4.79 Å². The number of hydrogen-bond acceptors (Lipinski definition) is 4. The van der Waals surface area contributed by atoms with E-state index in [4.69, 9.17) is 9.15 Å². The fourth-order valence-electron chi connectivity index (χ4n) is 2.66. The van der Waals surface area contributed by atoms with E-state index < -0.39 is 5.97 Å². The highest BCUT2D eigenvalue weighted by Crippen LogP contribution is 2.22. The van der Waals surface area contributed by atoms with Gasteiger partial charge in [0.1, 0.15) is 6.10 Å². The number of nitrogens with zero attached hydrogens (tertiary/aromatic N) is 1. The summed E-state index contributed by atoms with van der Waals surface area (Å²) in [6.07, 6.45) is 3.65. The third-order valence-electron chi connectivity index (χ3n) is 3.77. The third-order valence-corrected chi connectivity index (χ3v) is 3.77. The first-order valence-corrected chi connectivity index (χ1v) is 7.35. The molecule has 5 heteroatoms. The van der Waals surface area contributed by atoms with Gasteiger partial charge in [0.05, 0.1) is 6.26 Å². The Bertz CT molecular complexity index is 565. The van der Waals surface area contributed by atoms with Crippen LogP contribution in [0.5, 0.6) is 0 Å². The van der Waals surface area contributed by atoms with Crippen LogP contribution in [0.3, 0.4) is 0 Å². The Hall–Kier alpha value is -1.78. The molecule has 1 aromatic heterocycles. The summed E-state index contributed by atoms with van der Waals surface area (Å²) in [5.74, 6) is -0.162. The fourth-order valence-corrected chi connectivity index (χ4v) is 2.66. The first kappa shape index (κ1) is 16.6. The lowest BCUT2D eigenvalue weighted by Gasteiger charge is -2.23. The van der Waals surface area contributed by atoms with E-state index in [1.54, 1.807) is 12.1 Å². The van der Waals surface area contributed by atoms with Gasteiger partial charge in [-0.3, -0.25) is 4.90 Å². The Kier molecular flexibility index (Phi) is 6.04. The SMILES string of the molecule is Cl.O=C(OC(CN1CCCC1)c1ccccc1)c1ccco1. The number of likely N-dealkylation sites (tertiary alicyclic amines) is 1. The van der Waals surface area contributed by atoms with Gasteiger partial charge < -0.3 is 9.15 Å². The van der Waals surface area contributed by atoms with Crippen LogP contribution in [0.4, 0.5) is 0 Å².